The van der Waals surface area contributed by atoms with Crippen LogP contribution in [0.1, 0.15) is 31.3 Å². The van der Waals surface area contributed by atoms with E-state index in [1.165, 1.54) is 7.11 Å². The molecule has 0 aromatic carbocycles. The lowest BCUT2D eigenvalue weighted by Gasteiger charge is -2.17. The highest BCUT2D eigenvalue weighted by molar-refractivity contribution is 5.88. The molecule has 5 heteroatoms. The second-order valence-corrected chi connectivity index (χ2v) is 4.73. The van der Waals surface area contributed by atoms with Crippen molar-refractivity contribution in [1.29, 1.82) is 0 Å². The van der Waals surface area contributed by atoms with Gasteiger partial charge in [0.15, 0.2) is 5.69 Å². The van der Waals surface area contributed by atoms with Crippen LogP contribution in [0, 0.1) is 11.8 Å². The Morgan fingerprint density at radius 3 is 2.67 bits per heavy atom. The molecule has 5 nitrogen and oxygen atoms in total. The smallest absolute Gasteiger partial charge is 0.356 e. The largest absolute Gasteiger partial charge is 0.464 e. The Hall–Kier alpha value is -1.78. The van der Waals surface area contributed by atoms with Crippen molar-refractivity contribution in [3.05, 3.63) is 17.8 Å². The Balaban J connectivity index is 2.78. The highest BCUT2D eigenvalue weighted by Gasteiger charge is 2.12. The summed E-state index contributed by atoms with van der Waals surface area (Å²) in [5, 5.41) is 3.17. The Bertz CT molecular complexity index is 419. The summed E-state index contributed by atoms with van der Waals surface area (Å²) in [6.07, 6.45) is 0. The van der Waals surface area contributed by atoms with Crippen LogP contribution in [-0.4, -0.2) is 24.6 Å². The molecule has 1 unspecified atom stereocenters. The number of ether oxygens (including phenoxy) is 1. The summed E-state index contributed by atoms with van der Waals surface area (Å²) in [6.45, 7) is 7.24. The normalized spacial score (nSPS) is 12.3. The van der Waals surface area contributed by atoms with Crippen LogP contribution < -0.4 is 11.1 Å². The summed E-state index contributed by atoms with van der Waals surface area (Å²) >= 11 is 0. The summed E-state index contributed by atoms with van der Waals surface area (Å²) in [5.41, 5.74) is 6.60. The number of nitrogens with two attached hydrogens (primary N) is 1. The van der Waals surface area contributed by atoms with E-state index in [1.54, 1.807) is 12.1 Å². The van der Waals surface area contributed by atoms with Crippen LogP contribution in [0.25, 0.3) is 0 Å². The molecule has 0 fully saturated rings. The lowest BCUT2D eigenvalue weighted by atomic mass is 9.98. The Morgan fingerprint density at radius 1 is 1.44 bits per heavy atom. The van der Waals surface area contributed by atoms with E-state index in [2.05, 4.69) is 35.8 Å². The first-order valence-electron chi connectivity index (χ1n) is 6.04. The SMILES string of the molecule is COC(=O)c1ccc(N)c(NCC(C)C(C)C)n1. The highest BCUT2D eigenvalue weighted by Crippen LogP contribution is 2.18. The van der Waals surface area contributed by atoms with E-state index in [4.69, 9.17) is 5.73 Å². The van der Waals surface area contributed by atoms with E-state index in [0.29, 0.717) is 23.3 Å². The molecular weight excluding hydrogens is 230 g/mol. The number of hydrogen-bond donors (Lipinski definition) is 2. The van der Waals surface area contributed by atoms with Gasteiger partial charge in [0.2, 0.25) is 0 Å². The van der Waals surface area contributed by atoms with Crippen LogP contribution >= 0.6 is 0 Å². The third-order valence-electron chi connectivity index (χ3n) is 3.05. The van der Waals surface area contributed by atoms with Crippen molar-refractivity contribution in [1.82, 2.24) is 4.98 Å². The molecule has 1 rings (SSSR count). The lowest BCUT2D eigenvalue weighted by molar-refractivity contribution is 0.0594. The number of esters is 1. The summed E-state index contributed by atoms with van der Waals surface area (Å²) in [7, 11) is 1.33. The minimum atomic E-state index is -0.463. The molecule has 0 aliphatic carbocycles. The molecular formula is C13H21N3O2. The second-order valence-electron chi connectivity index (χ2n) is 4.73. The van der Waals surface area contributed by atoms with Crippen molar-refractivity contribution in [3.8, 4) is 0 Å². The number of carbonyl (C=O) groups is 1. The molecule has 1 aromatic rings. The third kappa shape index (κ3) is 3.61. The zero-order valence-corrected chi connectivity index (χ0v) is 11.4. The van der Waals surface area contributed by atoms with Crippen LogP contribution in [0.2, 0.25) is 0 Å². The summed E-state index contributed by atoms with van der Waals surface area (Å²) in [5.74, 6) is 1.14. The predicted octanol–water partition coefficient (Wildman–Crippen LogP) is 2.15. The number of pyridine rings is 1. The minimum absolute atomic E-state index is 0.256. The maximum absolute atomic E-state index is 11.4. The van der Waals surface area contributed by atoms with Crippen LogP contribution in [0.15, 0.2) is 12.1 Å². The zero-order chi connectivity index (χ0) is 13.7. The number of methoxy groups -OCH3 is 1. The fraction of sp³-hybridized carbons (Fsp3) is 0.538. The Labute approximate surface area is 108 Å². The van der Waals surface area contributed by atoms with Crippen molar-refractivity contribution in [2.75, 3.05) is 24.7 Å². The molecule has 0 aliphatic heterocycles. The van der Waals surface area contributed by atoms with Gasteiger partial charge in [0.25, 0.3) is 0 Å². The van der Waals surface area contributed by atoms with Gasteiger partial charge in [-0.25, -0.2) is 9.78 Å². The molecule has 0 amide bonds. The van der Waals surface area contributed by atoms with Crippen LogP contribution in [-0.2, 0) is 4.74 Å². The van der Waals surface area contributed by atoms with Gasteiger partial charge in [0.1, 0.15) is 5.82 Å². The molecule has 0 aliphatic rings. The van der Waals surface area contributed by atoms with E-state index >= 15 is 0 Å². The number of aromatic nitrogens is 1. The van der Waals surface area contributed by atoms with Gasteiger partial charge < -0.3 is 15.8 Å². The molecule has 1 heterocycles. The molecule has 0 saturated heterocycles. The summed E-state index contributed by atoms with van der Waals surface area (Å²) < 4.78 is 4.62. The Kier molecular flexibility index (Phi) is 4.95. The third-order valence-corrected chi connectivity index (χ3v) is 3.05. The molecule has 18 heavy (non-hydrogen) atoms. The number of nitrogen functional groups attached to an aromatic ring is 1. The van der Waals surface area contributed by atoms with Gasteiger partial charge in [-0.1, -0.05) is 20.8 Å². The quantitative estimate of drug-likeness (QED) is 0.784. The van der Waals surface area contributed by atoms with Gasteiger partial charge in [0, 0.05) is 6.54 Å². The van der Waals surface area contributed by atoms with Gasteiger partial charge >= 0.3 is 5.97 Å². The molecule has 0 saturated carbocycles. The van der Waals surface area contributed by atoms with E-state index in [0.717, 1.165) is 6.54 Å². The maximum Gasteiger partial charge on any atom is 0.356 e. The zero-order valence-electron chi connectivity index (χ0n) is 11.4. The summed E-state index contributed by atoms with van der Waals surface area (Å²) in [6, 6.07) is 3.21. The van der Waals surface area contributed by atoms with Crippen LogP contribution in [0.4, 0.5) is 11.5 Å². The highest BCUT2D eigenvalue weighted by atomic mass is 16.5. The predicted molar refractivity (Wildman–Crippen MR) is 72.5 cm³/mol. The fourth-order valence-electron chi connectivity index (χ4n) is 1.32. The molecule has 0 spiro atoms. The molecule has 1 aromatic heterocycles. The number of nitrogens with zero attached hydrogens (tertiary/aromatic N) is 1. The van der Waals surface area contributed by atoms with Crippen molar-refractivity contribution in [3.63, 3.8) is 0 Å². The minimum Gasteiger partial charge on any atom is -0.464 e. The van der Waals surface area contributed by atoms with E-state index in [-0.39, 0.29) is 5.69 Å². The number of rotatable bonds is 5. The summed E-state index contributed by atoms with van der Waals surface area (Å²) in [4.78, 5) is 15.5. The van der Waals surface area contributed by atoms with Gasteiger partial charge in [0.05, 0.1) is 12.8 Å². The number of nitrogens with one attached hydrogen (secondary N) is 1. The average Bonchev–Trinajstić information content (AvgIpc) is 2.36. The van der Waals surface area contributed by atoms with Crippen LogP contribution in [0.5, 0.6) is 0 Å². The number of anilines is 2. The molecule has 3 N–H and O–H groups in total. The van der Waals surface area contributed by atoms with Gasteiger partial charge in [-0.3, -0.25) is 0 Å². The number of hydrogen-bond acceptors (Lipinski definition) is 5. The topological polar surface area (TPSA) is 77.2 Å². The average molecular weight is 251 g/mol. The fourth-order valence-corrected chi connectivity index (χ4v) is 1.32. The monoisotopic (exact) mass is 251 g/mol. The van der Waals surface area contributed by atoms with Crippen molar-refractivity contribution < 1.29 is 9.53 Å². The standard InChI is InChI=1S/C13H21N3O2/c1-8(2)9(3)7-15-12-10(14)5-6-11(16-12)13(17)18-4/h5-6,8-9H,7,14H2,1-4H3,(H,15,16). The van der Waals surface area contributed by atoms with E-state index in [9.17, 15) is 4.79 Å². The first-order chi connectivity index (χ1) is 8.45. The maximum atomic E-state index is 11.4. The van der Waals surface area contributed by atoms with Crippen molar-refractivity contribution >= 4 is 17.5 Å². The molecule has 0 bridgehead atoms. The molecule has 100 valence electrons. The molecule has 0 radical (unpaired) electrons. The van der Waals surface area contributed by atoms with E-state index < -0.39 is 5.97 Å². The lowest BCUT2D eigenvalue weighted by Crippen LogP contribution is -2.18. The van der Waals surface area contributed by atoms with Crippen molar-refractivity contribution in [2.24, 2.45) is 11.8 Å². The first kappa shape index (κ1) is 14.3. The number of carbonyl (C=O) groups excluding carboxylic acids is 1. The molecule has 1 atom stereocenters. The van der Waals surface area contributed by atoms with E-state index in [1.807, 2.05) is 0 Å². The van der Waals surface area contributed by atoms with Crippen molar-refractivity contribution in [2.45, 2.75) is 20.8 Å². The van der Waals surface area contributed by atoms with Gasteiger partial charge in [-0.2, -0.15) is 0 Å². The van der Waals surface area contributed by atoms with Crippen LogP contribution in [0.3, 0.4) is 0 Å². The Morgan fingerprint density at radius 2 is 2.11 bits per heavy atom. The van der Waals surface area contributed by atoms with Gasteiger partial charge in [-0.15, -0.1) is 0 Å². The second kappa shape index (κ2) is 6.23. The first-order valence-corrected chi connectivity index (χ1v) is 6.04. The van der Waals surface area contributed by atoms with Gasteiger partial charge in [-0.05, 0) is 24.0 Å².